The molecule has 0 unspecified atom stereocenters. The van der Waals surface area contributed by atoms with Crippen LogP contribution < -0.4 is 0 Å². The number of hydrogen-bond acceptors (Lipinski definition) is 6. The first-order chi connectivity index (χ1) is 8.35. The van der Waals surface area contributed by atoms with Crippen molar-refractivity contribution in [3.8, 4) is 0 Å². The molecular formula is C9H12ClNO6S. The van der Waals surface area contributed by atoms with Crippen LogP contribution in [0, 0.1) is 0 Å². The lowest BCUT2D eigenvalue weighted by Crippen LogP contribution is -2.32. The summed E-state index contributed by atoms with van der Waals surface area (Å²) < 4.78 is 22.5. The minimum absolute atomic E-state index is 0.00331. The number of imide groups is 1. The lowest BCUT2D eigenvalue weighted by Gasteiger charge is -2.12. The Kier molecular flexibility index (Phi) is 5.09. The summed E-state index contributed by atoms with van der Waals surface area (Å²) in [6, 6.07) is 0. The highest BCUT2D eigenvalue weighted by atomic mass is 35.5. The number of hydroxylamine groups is 2. The molecule has 102 valence electrons. The van der Waals surface area contributed by atoms with Crippen molar-refractivity contribution in [1.82, 2.24) is 5.06 Å². The fourth-order valence-electron chi connectivity index (χ4n) is 1.26. The standard InChI is InChI=1S/C9H12ClNO6S/c10-4-6-18(15,16)5-3-9(14)17-11-7(12)1-2-8(11)13/h1-6H2. The lowest BCUT2D eigenvalue weighted by molar-refractivity contribution is -0.197. The average molecular weight is 298 g/mol. The van der Waals surface area contributed by atoms with Gasteiger partial charge in [0.2, 0.25) is 0 Å². The van der Waals surface area contributed by atoms with Gasteiger partial charge in [0.05, 0.1) is 17.9 Å². The van der Waals surface area contributed by atoms with Gasteiger partial charge in [0.15, 0.2) is 9.84 Å². The SMILES string of the molecule is O=C(CCS(=O)(=O)CCCl)ON1C(=O)CCC1=O. The Morgan fingerprint density at radius 2 is 1.78 bits per heavy atom. The largest absolute Gasteiger partial charge is 0.334 e. The number of hydrogen-bond donors (Lipinski definition) is 0. The van der Waals surface area contributed by atoms with Crippen molar-refractivity contribution in [2.45, 2.75) is 19.3 Å². The Morgan fingerprint density at radius 3 is 2.28 bits per heavy atom. The third-order valence-corrected chi connectivity index (χ3v) is 4.27. The van der Waals surface area contributed by atoms with Gasteiger partial charge in [0.1, 0.15) is 0 Å². The van der Waals surface area contributed by atoms with Crippen LogP contribution in [0.1, 0.15) is 19.3 Å². The molecule has 0 aromatic carbocycles. The summed E-state index contributed by atoms with van der Waals surface area (Å²) in [4.78, 5) is 38.0. The third kappa shape index (κ3) is 4.26. The predicted molar refractivity (Wildman–Crippen MR) is 61.2 cm³/mol. The highest BCUT2D eigenvalue weighted by Crippen LogP contribution is 2.12. The molecule has 0 aromatic heterocycles. The number of sulfone groups is 1. The first-order valence-electron chi connectivity index (χ1n) is 5.18. The van der Waals surface area contributed by atoms with Gasteiger partial charge in [-0.05, 0) is 0 Å². The molecule has 1 saturated heterocycles. The number of rotatable bonds is 6. The molecule has 7 nitrogen and oxygen atoms in total. The number of carbonyl (C=O) groups is 3. The van der Waals surface area contributed by atoms with Gasteiger partial charge >= 0.3 is 5.97 Å². The van der Waals surface area contributed by atoms with Crippen molar-refractivity contribution in [1.29, 1.82) is 0 Å². The molecule has 1 heterocycles. The topological polar surface area (TPSA) is 97.8 Å². The summed E-state index contributed by atoms with van der Waals surface area (Å²) in [5, 5.41) is 0.385. The zero-order chi connectivity index (χ0) is 13.8. The minimum Gasteiger partial charge on any atom is -0.330 e. The van der Waals surface area contributed by atoms with Gasteiger partial charge in [-0.15, -0.1) is 16.7 Å². The van der Waals surface area contributed by atoms with E-state index in [1.165, 1.54) is 0 Å². The maximum absolute atomic E-state index is 11.3. The van der Waals surface area contributed by atoms with Crippen LogP contribution in [0.5, 0.6) is 0 Å². The molecular weight excluding hydrogens is 286 g/mol. The van der Waals surface area contributed by atoms with Crippen LogP contribution in [0.3, 0.4) is 0 Å². The number of halogens is 1. The maximum Gasteiger partial charge on any atom is 0.334 e. The molecule has 0 bridgehead atoms. The summed E-state index contributed by atoms with van der Waals surface area (Å²) >= 11 is 5.28. The van der Waals surface area contributed by atoms with Crippen molar-refractivity contribution in [3.63, 3.8) is 0 Å². The van der Waals surface area contributed by atoms with Gasteiger partial charge < -0.3 is 4.84 Å². The Balaban J connectivity index is 2.43. The van der Waals surface area contributed by atoms with Gasteiger partial charge in [-0.25, -0.2) is 13.2 Å². The van der Waals surface area contributed by atoms with E-state index in [9.17, 15) is 22.8 Å². The average Bonchev–Trinajstić information content (AvgIpc) is 2.58. The van der Waals surface area contributed by atoms with Crippen LogP contribution >= 0.6 is 11.6 Å². The van der Waals surface area contributed by atoms with Crippen LogP contribution in [-0.2, 0) is 29.1 Å². The van der Waals surface area contributed by atoms with Crippen molar-refractivity contribution in [2.75, 3.05) is 17.4 Å². The van der Waals surface area contributed by atoms with Gasteiger partial charge in [-0.3, -0.25) is 9.59 Å². The molecule has 0 aliphatic carbocycles. The Bertz CT molecular complexity index is 444. The summed E-state index contributed by atoms with van der Waals surface area (Å²) in [6.07, 6.45) is -0.427. The van der Waals surface area contributed by atoms with E-state index in [1.54, 1.807) is 0 Å². The molecule has 2 amide bonds. The summed E-state index contributed by atoms with van der Waals surface area (Å²) in [5.74, 6) is -2.84. The van der Waals surface area contributed by atoms with Crippen LogP contribution in [0.15, 0.2) is 0 Å². The van der Waals surface area contributed by atoms with E-state index in [2.05, 4.69) is 4.84 Å². The van der Waals surface area contributed by atoms with Crippen molar-refractivity contribution in [2.24, 2.45) is 0 Å². The van der Waals surface area contributed by atoms with Crippen LogP contribution in [0.4, 0.5) is 0 Å². The molecule has 0 radical (unpaired) electrons. The van der Waals surface area contributed by atoms with E-state index in [-0.39, 0.29) is 24.5 Å². The Morgan fingerprint density at radius 1 is 1.22 bits per heavy atom. The predicted octanol–water partition coefficient (Wildman–Crippen LogP) is -0.363. The second kappa shape index (κ2) is 6.14. The lowest BCUT2D eigenvalue weighted by atomic mass is 10.4. The molecule has 0 N–H and O–H groups in total. The summed E-state index contributed by atoms with van der Waals surface area (Å²) in [7, 11) is -3.41. The fraction of sp³-hybridized carbons (Fsp3) is 0.667. The van der Waals surface area contributed by atoms with Crippen molar-refractivity contribution >= 4 is 39.2 Å². The maximum atomic E-state index is 11.3. The molecule has 1 aliphatic heterocycles. The number of carbonyl (C=O) groups excluding carboxylic acids is 3. The second-order valence-corrected chi connectivity index (χ2v) is 6.32. The molecule has 1 aliphatic rings. The highest BCUT2D eigenvalue weighted by Gasteiger charge is 2.32. The number of amides is 2. The Hall–Kier alpha value is -1.15. The second-order valence-electron chi connectivity index (χ2n) is 3.64. The van der Waals surface area contributed by atoms with Crippen molar-refractivity contribution < 1.29 is 27.6 Å². The van der Waals surface area contributed by atoms with Crippen LogP contribution in [0.25, 0.3) is 0 Å². The molecule has 0 spiro atoms. The molecule has 0 saturated carbocycles. The molecule has 0 atom stereocenters. The molecule has 18 heavy (non-hydrogen) atoms. The zero-order valence-corrected chi connectivity index (χ0v) is 11.0. The highest BCUT2D eigenvalue weighted by molar-refractivity contribution is 7.91. The quantitative estimate of drug-likeness (QED) is 0.490. The number of nitrogens with zero attached hydrogens (tertiary/aromatic N) is 1. The van der Waals surface area contributed by atoms with Gasteiger partial charge in [-0.1, -0.05) is 0 Å². The van der Waals surface area contributed by atoms with Crippen molar-refractivity contribution in [3.05, 3.63) is 0 Å². The summed E-state index contributed by atoms with van der Waals surface area (Å²) in [5.41, 5.74) is 0. The van der Waals surface area contributed by atoms with E-state index in [1.807, 2.05) is 0 Å². The molecule has 0 aromatic rings. The molecule has 1 rings (SSSR count). The van der Waals surface area contributed by atoms with E-state index in [0.29, 0.717) is 5.06 Å². The molecule has 9 heteroatoms. The van der Waals surface area contributed by atoms with Gasteiger partial charge in [-0.2, -0.15) is 0 Å². The van der Waals surface area contributed by atoms with Crippen LogP contribution in [0.2, 0.25) is 0 Å². The normalized spacial score (nSPS) is 16.2. The van der Waals surface area contributed by atoms with E-state index in [4.69, 9.17) is 11.6 Å². The zero-order valence-electron chi connectivity index (χ0n) is 9.43. The molecule has 1 fully saturated rings. The number of alkyl halides is 1. The van der Waals surface area contributed by atoms with Gasteiger partial charge in [0, 0.05) is 18.7 Å². The van der Waals surface area contributed by atoms with E-state index < -0.39 is 39.8 Å². The Labute approximate surface area is 109 Å². The van der Waals surface area contributed by atoms with E-state index >= 15 is 0 Å². The van der Waals surface area contributed by atoms with Crippen LogP contribution in [-0.4, -0.2) is 48.7 Å². The van der Waals surface area contributed by atoms with E-state index in [0.717, 1.165) is 0 Å². The summed E-state index contributed by atoms with van der Waals surface area (Å²) in [6.45, 7) is 0. The first kappa shape index (κ1) is 14.9. The smallest absolute Gasteiger partial charge is 0.330 e. The van der Waals surface area contributed by atoms with Gasteiger partial charge in [0.25, 0.3) is 11.8 Å². The monoisotopic (exact) mass is 297 g/mol. The fourth-order valence-corrected chi connectivity index (χ4v) is 2.89. The third-order valence-electron chi connectivity index (χ3n) is 2.20. The first-order valence-corrected chi connectivity index (χ1v) is 7.54. The minimum atomic E-state index is -3.41.